The average Bonchev–Trinajstić information content (AvgIpc) is 2.91. The van der Waals surface area contributed by atoms with Crippen LogP contribution in [0.25, 0.3) is 11.1 Å². The second-order valence-corrected chi connectivity index (χ2v) is 9.59. The summed E-state index contributed by atoms with van der Waals surface area (Å²) in [4.78, 5) is 0. The second kappa shape index (κ2) is 11.8. The van der Waals surface area contributed by atoms with Crippen LogP contribution in [0.4, 0.5) is 0 Å². The van der Waals surface area contributed by atoms with Crippen LogP contribution < -0.4 is 9.47 Å². The monoisotopic (exact) mass is 520 g/mol. The molecule has 1 saturated heterocycles. The molecule has 4 bridgehead atoms. The van der Waals surface area contributed by atoms with Crippen LogP contribution in [0.15, 0.2) is 24.3 Å². The third kappa shape index (κ3) is 5.64. The molecule has 0 amide bonds. The summed E-state index contributed by atoms with van der Waals surface area (Å²) in [6.45, 7) is -0.527. The minimum atomic E-state index is -1.51. The van der Waals surface area contributed by atoms with Gasteiger partial charge < -0.3 is 49.6 Å². The Bertz CT molecular complexity index is 1070. The molecule has 0 unspecified atom stereocenters. The summed E-state index contributed by atoms with van der Waals surface area (Å²) < 4.78 is 22.7. The smallest absolute Gasteiger partial charge is 0.203 e. The summed E-state index contributed by atoms with van der Waals surface area (Å²) in [5.74, 6) is 0.584. The van der Waals surface area contributed by atoms with E-state index in [4.69, 9.17) is 18.9 Å². The van der Waals surface area contributed by atoms with E-state index in [0.717, 1.165) is 12.0 Å². The van der Waals surface area contributed by atoms with Crippen molar-refractivity contribution in [3.05, 3.63) is 35.4 Å². The van der Waals surface area contributed by atoms with E-state index in [9.17, 15) is 30.6 Å². The van der Waals surface area contributed by atoms with Gasteiger partial charge in [-0.25, -0.2) is 0 Å². The minimum absolute atomic E-state index is 0.0114. The maximum atomic E-state index is 10.9. The molecule has 2 aromatic carbocycles. The van der Waals surface area contributed by atoms with E-state index in [1.807, 2.05) is 18.2 Å². The molecule has 6 N–H and O–H groups in total. The first-order valence-corrected chi connectivity index (χ1v) is 12.5. The molecule has 0 radical (unpaired) electrons. The van der Waals surface area contributed by atoms with E-state index < -0.39 is 37.3 Å². The van der Waals surface area contributed by atoms with Crippen LogP contribution in [0.2, 0.25) is 0 Å². The van der Waals surface area contributed by atoms with Crippen molar-refractivity contribution in [2.24, 2.45) is 0 Å². The highest BCUT2D eigenvalue weighted by Crippen LogP contribution is 2.48. The fourth-order valence-electron chi connectivity index (χ4n) is 5.09. The first-order chi connectivity index (χ1) is 17.8. The lowest BCUT2D eigenvalue weighted by Crippen LogP contribution is -2.59. The van der Waals surface area contributed by atoms with Crippen molar-refractivity contribution >= 4 is 0 Å². The predicted molar refractivity (Wildman–Crippen MR) is 133 cm³/mol. The molecule has 10 heteroatoms. The van der Waals surface area contributed by atoms with Crippen molar-refractivity contribution in [3.8, 4) is 34.1 Å². The highest BCUT2D eigenvalue weighted by atomic mass is 16.7. The Morgan fingerprint density at radius 3 is 2.32 bits per heavy atom. The molecule has 1 aliphatic heterocycles. The molecule has 10 nitrogen and oxygen atoms in total. The van der Waals surface area contributed by atoms with E-state index in [2.05, 4.69) is 0 Å². The summed E-state index contributed by atoms with van der Waals surface area (Å²) in [6, 6.07) is 7.09. The number of hydrogen-bond acceptors (Lipinski definition) is 10. The van der Waals surface area contributed by atoms with Gasteiger partial charge in [-0.05, 0) is 61.4 Å². The second-order valence-electron chi connectivity index (χ2n) is 9.59. The lowest BCUT2D eigenvalue weighted by atomic mass is 9.95. The number of aromatic hydroxyl groups is 2. The molecule has 37 heavy (non-hydrogen) atoms. The Labute approximate surface area is 215 Å². The van der Waals surface area contributed by atoms with Crippen LogP contribution in [0.5, 0.6) is 23.0 Å². The van der Waals surface area contributed by atoms with E-state index >= 15 is 0 Å². The van der Waals surface area contributed by atoms with Gasteiger partial charge in [0.15, 0.2) is 17.8 Å². The van der Waals surface area contributed by atoms with Crippen molar-refractivity contribution in [1.82, 2.24) is 0 Å². The van der Waals surface area contributed by atoms with Gasteiger partial charge in [-0.15, -0.1) is 0 Å². The zero-order chi connectivity index (χ0) is 26.7. The maximum Gasteiger partial charge on any atom is 0.203 e. The molecule has 0 aromatic heterocycles. The highest BCUT2D eigenvalue weighted by Gasteiger charge is 2.44. The van der Waals surface area contributed by atoms with Gasteiger partial charge in [-0.2, -0.15) is 0 Å². The third-order valence-electron chi connectivity index (χ3n) is 7.20. The molecule has 1 fully saturated rings. The summed E-state index contributed by atoms with van der Waals surface area (Å²) >= 11 is 0. The van der Waals surface area contributed by atoms with Crippen LogP contribution in [0.3, 0.4) is 0 Å². The Morgan fingerprint density at radius 1 is 0.865 bits per heavy atom. The number of fused-ring (bicyclic) bond motifs is 5. The molecule has 2 aliphatic rings. The first kappa shape index (κ1) is 27.4. The topological polar surface area (TPSA) is 158 Å². The zero-order valence-corrected chi connectivity index (χ0v) is 21.0. The Hall–Kier alpha value is -2.60. The normalized spacial score (nSPS) is 28.5. The number of rotatable bonds is 5. The maximum absolute atomic E-state index is 10.9. The molecule has 4 rings (SSSR count). The van der Waals surface area contributed by atoms with Gasteiger partial charge in [0.2, 0.25) is 5.75 Å². The number of ether oxygens (including phenoxy) is 4. The molecule has 2 aromatic rings. The number of aliphatic hydroxyl groups excluding tert-OH is 4. The van der Waals surface area contributed by atoms with Crippen LogP contribution in [0, 0.1) is 0 Å². The average molecular weight is 521 g/mol. The van der Waals surface area contributed by atoms with Gasteiger partial charge in [-0.1, -0.05) is 12.5 Å². The molecular weight excluding hydrogens is 484 g/mol. The van der Waals surface area contributed by atoms with E-state index in [0.29, 0.717) is 54.5 Å². The van der Waals surface area contributed by atoms with Crippen molar-refractivity contribution in [3.63, 3.8) is 0 Å². The van der Waals surface area contributed by atoms with Crippen molar-refractivity contribution in [2.75, 3.05) is 20.8 Å². The van der Waals surface area contributed by atoms with Gasteiger partial charge in [-0.3, -0.25) is 0 Å². The lowest BCUT2D eigenvalue weighted by Gasteiger charge is -2.41. The number of aliphatic hydroxyl groups is 4. The molecule has 0 saturated carbocycles. The fraction of sp³-hybridized carbons (Fsp3) is 0.556. The number of methoxy groups -OCH3 is 2. The fourth-order valence-corrected chi connectivity index (χ4v) is 5.09. The van der Waals surface area contributed by atoms with Gasteiger partial charge in [0.1, 0.15) is 30.2 Å². The molecule has 1 heterocycles. The highest BCUT2D eigenvalue weighted by molar-refractivity contribution is 5.81. The molecule has 6 atom stereocenters. The van der Waals surface area contributed by atoms with Gasteiger partial charge in [0.05, 0.1) is 26.9 Å². The summed E-state index contributed by atoms with van der Waals surface area (Å²) in [7, 11) is 2.94. The molecule has 1 aliphatic carbocycles. The Balaban J connectivity index is 1.64. The molecular formula is C27H36O10. The van der Waals surface area contributed by atoms with Crippen molar-refractivity contribution in [2.45, 2.75) is 75.3 Å². The van der Waals surface area contributed by atoms with Crippen molar-refractivity contribution in [1.29, 1.82) is 0 Å². The van der Waals surface area contributed by atoms with Gasteiger partial charge >= 0.3 is 0 Å². The first-order valence-electron chi connectivity index (χ1n) is 12.5. The predicted octanol–water partition coefficient (Wildman–Crippen LogP) is 1.63. The van der Waals surface area contributed by atoms with E-state index in [1.54, 1.807) is 6.07 Å². The van der Waals surface area contributed by atoms with Gasteiger partial charge in [0, 0.05) is 11.1 Å². The van der Waals surface area contributed by atoms with Crippen LogP contribution in [0.1, 0.15) is 36.8 Å². The largest absolute Gasteiger partial charge is 0.507 e. The number of benzene rings is 2. The number of aryl methyl sites for hydroxylation is 2. The lowest BCUT2D eigenvalue weighted by molar-refractivity contribution is -0.312. The summed E-state index contributed by atoms with van der Waals surface area (Å²) in [5, 5.41) is 61.7. The summed E-state index contributed by atoms with van der Waals surface area (Å²) in [6.07, 6.45) is -3.32. The molecule has 0 spiro atoms. The minimum Gasteiger partial charge on any atom is -0.507 e. The summed E-state index contributed by atoms with van der Waals surface area (Å²) in [5.41, 5.74) is 2.73. The quantitative estimate of drug-likeness (QED) is 0.342. The van der Waals surface area contributed by atoms with Crippen molar-refractivity contribution < 1.29 is 49.6 Å². The third-order valence-corrected chi connectivity index (χ3v) is 7.20. The van der Waals surface area contributed by atoms with Gasteiger partial charge in [0.25, 0.3) is 0 Å². The van der Waals surface area contributed by atoms with Crippen LogP contribution >= 0.6 is 0 Å². The number of phenols is 2. The number of hydrogen-bond donors (Lipinski definition) is 6. The van der Waals surface area contributed by atoms with Crippen LogP contribution in [-0.2, 0) is 22.3 Å². The Kier molecular flexibility index (Phi) is 8.79. The van der Waals surface area contributed by atoms with E-state index in [1.165, 1.54) is 14.2 Å². The SMILES string of the molecule is COc1c2cc(c(O)c1OC)CCCC[C@H](O[C@H]1O[C@H](CO)[C@@H](O)[C@H](O)[C@H]1O)CCc1ccc(O)c-2c1. The zero-order valence-electron chi connectivity index (χ0n) is 21.0. The van der Waals surface area contributed by atoms with Crippen LogP contribution in [-0.4, -0.2) is 88.3 Å². The van der Waals surface area contributed by atoms with E-state index in [-0.39, 0.29) is 23.4 Å². The Morgan fingerprint density at radius 2 is 1.62 bits per heavy atom. The standard InChI is InChI=1S/C27H36O10/c1-34-25-18-12-15(21(30)26(25)35-2)5-3-4-6-16(9-7-14-8-10-19(29)17(18)11-14)36-27-24(33)23(32)22(31)20(13-28)37-27/h8,10-12,16,20,22-24,27-33H,3-7,9,13H2,1-2H3/t16-,20+,22+,23-,24+,27-/m0/s1. The molecule has 204 valence electrons. The number of phenolic OH excluding ortho intramolecular Hbond substituents is 2.